The third-order valence-corrected chi connectivity index (χ3v) is 7.65. The third kappa shape index (κ3) is 6.78. The number of aryl methyl sites for hydroxylation is 1. The van der Waals surface area contributed by atoms with Crippen LogP contribution in [0.5, 0.6) is 5.75 Å². The quantitative estimate of drug-likeness (QED) is 0.146. The van der Waals surface area contributed by atoms with Crippen LogP contribution in [0.1, 0.15) is 53.5 Å². The number of carbonyl (C=O) groups excluding carboxylic acids is 1. The van der Waals surface area contributed by atoms with Crippen molar-refractivity contribution in [3.05, 3.63) is 111 Å². The molecule has 1 aliphatic rings. The van der Waals surface area contributed by atoms with E-state index in [4.69, 9.17) is 27.7 Å². The Morgan fingerprint density at radius 3 is 2.65 bits per heavy atom. The normalized spacial score (nSPS) is 12.0. The highest BCUT2D eigenvalue weighted by atomic mass is 16.5. The number of methoxy groups -OCH3 is 1. The van der Waals surface area contributed by atoms with E-state index in [0.29, 0.717) is 43.0 Å². The summed E-state index contributed by atoms with van der Waals surface area (Å²) < 4.78 is 12.8. The monoisotopic (exact) mass is 574 g/mol. The molecule has 1 amide bonds. The summed E-state index contributed by atoms with van der Waals surface area (Å²) in [7, 11) is 6.89. The maximum atomic E-state index is 14.3. The van der Waals surface area contributed by atoms with Gasteiger partial charge >= 0.3 is 0 Å². The third-order valence-electron chi connectivity index (χ3n) is 7.65. The van der Waals surface area contributed by atoms with Crippen LogP contribution in [0, 0.1) is 5.41 Å². The molecule has 2 N–H and O–H groups in total. The van der Waals surface area contributed by atoms with Gasteiger partial charge in [-0.3, -0.25) is 19.6 Å². The summed E-state index contributed by atoms with van der Waals surface area (Å²) in [6, 6.07) is 21.2. The first-order valence-electron chi connectivity index (χ1n) is 14.6. The van der Waals surface area contributed by atoms with Gasteiger partial charge in [0.1, 0.15) is 17.4 Å². The second-order valence-electron chi connectivity index (χ2n) is 10.6. The average Bonchev–Trinajstić information content (AvgIpc) is 3.48. The molecule has 0 spiro atoms. The van der Waals surface area contributed by atoms with E-state index in [-0.39, 0.29) is 11.4 Å². The van der Waals surface area contributed by atoms with Gasteiger partial charge in [0.05, 0.1) is 24.6 Å². The van der Waals surface area contributed by atoms with Crippen molar-refractivity contribution in [2.24, 2.45) is 0 Å². The summed E-state index contributed by atoms with van der Waals surface area (Å²) in [6.07, 6.45) is 4.42. The minimum Gasteiger partial charge on any atom is -0.493 e. The summed E-state index contributed by atoms with van der Waals surface area (Å²) in [6.45, 7) is 3.24. The first-order chi connectivity index (χ1) is 20.9. The van der Waals surface area contributed by atoms with Crippen molar-refractivity contribution in [2.75, 3.05) is 20.3 Å². The number of rotatable bonds is 11. The Morgan fingerprint density at radius 2 is 1.91 bits per heavy atom. The fourth-order valence-corrected chi connectivity index (χ4v) is 5.47. The second kappa shape index (κ2) is 13.7. The molecular weight excluding hydrogens is 539 g/mol. The Hall–Kier alpha value is -4.50. The molecule has 1 aromatic heterocycles. The van der Waals surface area contributed by atoms with Crippen molar-refractivity contribution in [3.8, 4) is 22.6 Å². The molecule has 5 rings (SSSR count). The van der Waals surface area contributed by atoms with Gasteiger partial charge in [-0.25, -0.2) is 4.98 Å². The number of unbranched alkanes of at least 4 members (excludes halogenated alkanes) is 1. The van der Waals surface area contributed by atoms with E-state index in [9.17, 15) is 9.59 Å². The van der Waals surface area contributed by atoms with Crippen molar-refractivity contribution in [2.45, 2.75) is 45.4 Å². The van der Waals surface area contributed by atoms with E-state index in [1.807, 2.05) is 60.7 Å². The zero-order valence-electron chi connectivity index (χ0n) is 24.6. The van der Waals surface area contributed by atoms with Crippen molar-refractivity contribution in [1.82, 2.24) is 14.9 Å². The summed E-state index contributed by atoms with van der Waals surface area (Å²) in [4.78, 5) is 30.7. The molecule has 0 aliphatic carbocycles. The lowest BCUT2D eigenvalue weighted by Crippen LogP contribution is -2.30. The van der Waals surface area contributed by atoms with Crippen LogP contribution in [-0.2, 0) is 30.4 Å². The van der Waals surface area contributed by atoms with Gasteiger partial charge in [0.25, 0.3) is 5.56 Å². The van der Waals surface area contributed by atoms with Gasteiger partial charge < -0.3 is 14.8 Å². The molecule has 9 heteroatoms. The number of amides is 1. The van der Waals surface area contributed by atoms with Gasteiger partial charge in [-0.15, -0.1) is 0 Å². The molecule has 2 heterocycles. The van der Waals surface area contributed by atoms with Crippen LogP contribution in [0.3, 0.4) is 0 Å². The lowest BCUT2D eigenvalue weighted by Gasteiger charge is -2.18. The number of benzene rings is 3. The summed E-state index contributed by atoms with van der Waals surface area (Å²) in [5.74, 6) is 0.713. The smallest absolute Gasteiger partial charge is 0.261 e. The first-order valence-corrected chi connectivity index (χ1v) is 14.6. The molecule has 0 saturated carbocycles. The van der Waals surface area contributed by atoms with E-state index in [1.54, 1.807) is 17.7 Å². The number of aromatic nitrogens is 2. The number of nitrogens with zero attached hydrogens (tertiary/aromatic N) is 2. The van der Waals surface area contributed by atoms with E-state index >= 15 is 0 Å². The molecular formula is C34H35BN4O4. The zero-order valence-corrected chi connectivity index (χ0v) is 24.6. The minimum absolute atomic E-state index is 0.0635. The number of carbonyl (C=O) groups is 1. The van der Waals surface area contributed by atoms with Crippen LogP contribution in [0.15, 0.2) is 71.5 Å². The molecule has 0 fully saturated rings. The maximum absolute atomic E-state index is 14.3. The Kier molecular flexibility index (Phi) is 9.52. The van der Waals surface area contributed by atoms with E-state index in [0.717, 1.165) is 65.1 Å². The highest BCUT2D eigenvalue weighted by molar-refractivity contribution is 6.58. The van der Waals surface area contributed by atoms with Crippen molar-refractivity contribution in [3.63, 3.8) is 0 Å². The number of nitrogens with one attached hydrogen (secondary N) is 2. The van der Waals surface area contributed by atoms with E-state index in [1.165, 1.54) is 0 Å². The van der Waals surface area contributed by atoms with Gasteiger partial charge in [0.15, 0.2) is 5.81 Å². The lowest BCUT2D eigenvalue weighted by atomic mass is 9.95. The minimum atomic E-state index is -0.783. The highest BCUT2D eigenvalue weighted by Gasteiger charge is 2.20. The van der Waals surface area contributed by atoms with Gasteiger partial charge in [-0.05, 0) is 53.3 Å². The number of hydrogen-bond donors (Lipinski definition) is 2. The molecule has 4 aromatic rings. The highest BCUT2D eigenvalue weighted by Crippen LogP contribution is 2.28. The van der Waals surface area contributed by atoms with Crippen LogP contribution >= 0.6 is 0 Å². The zero-order chi connectivity index (χ0) is 30.3. The number of ether oxygens (including phenoxy) is 2. The van der Waals surface area contributed by atoms with Crippen LogP contribution in [0.2, 0.25) is 0 Å². The van der Waals surface area contributed by atoms with Gasteiger partial charge in [-0.1, -0.05) is 61.9 Å². The largest absolute Gasteiger partial charge is 0.493 e. The summed E-state index contributed by atoms with van der Waals surface area (Å²) in [5, 5.41) is 10.6. The Balaban J connectivity index is 1.54. The average molecular weight is 574 g/mol. The summed E-state index contributed by atoms with van der Waals surface area (Å²) in [5.41, 5.74) is 6.55. The Morgan fingerprint density at radius 1 is 1.12 bits per heavy atom. The molecule has 1 aliphatic heterocycles. The van der Waals surface area contributed by atoms with Gasteiger partial charge in [0, 0.05) is 37.5 Å². The molecule has 3 aromatic carbocycles. The molecule has 0 atom stereocenters. The fraction of sp³-hybridized carbons (Fsp3) is 0.294. The van der Waals surface area contributed by atoms with Crippen LogP contribution < -0.4 is 15.6 Å². The summed E-state index contributed by atoms with van der Waals surface area (Å²) >= 11 is 0. The topological polar surface area (TPSA) is 106 Å². The molecule has 2 radical (unpaired) electrons. The molecule has 218 valence electrons. The maximum Gasteiger partial charge on any atom is 0.261 e. The fourth-order valence-electron chi connectivity index (χ4n) is 5.47. The van der Waals surface area contributed by atoms with Crippen LogP contribution in [-0.4, -0.2) is 49.4 Å². The standard InChI is InChI=1S/C34H35BN4O4/c1-3-4-9-29-28(20-22-10-12-23(13-11-22)26-7-5-6-8-27(26)32(36)38-34(35)41)33(40)39(31(37-29)17-18-42-2)25-14-15-30-24(21-25)16-19-43-30/h5-8,10-15,21H,3-4,9,16-20H2,1-2H3,(H2,36,38,41). The molecule has 0 unspecified atom stereocenters. The van der Waals surface area contributed by atoms with Gasteiger partial charge in [-0.2, -0.15) is 0 Å². The van der Waals surface area contributed by atoms with E-state index in [2.05, 4.69) is 12.2 Å². The molecule has 0 saturated heterocycles. The molecule has 8 nitrogen and oxygen atoms in total. The van der Waals surface area contributed by atoms with Crippen molar-refractivity contribution in [1.29, 1.82) is 5.41 Å². The van der Waals surface area contributed by atoms with E-state index < -0.39 is 5.81 Å². The van der Waals surface area contributed by atoms with Crippen molar-refractivity contribution < 1.29 is 14.3 Å². The first kappa shape index (κ1) is 30.0. The van der Waals surface area contributed by atoms with Crippen molar-refractivity contribution >= 4 is 19.5 Å². The number of amidine groups is 1. The lowest BCUT2D eigenvalue weighted by molar-refractivity contribution is 0.199. The molecule has 0 bridgehead atoms. The van der Waals surface area contributed by atoms with Crippen LogP contribution in [0.25, 0.3) is 16.8 Å². The SMILES string of the molecule is [B]C(=O)NC(=N)c1ccccc1-c1ccc(Cc2c(CCCC)nc(CCOC)n(-c3ccc4c(c3)CCO4)c2=O)cc1. The predicted molar refractivity (Wildman–Crippen MR) is 169 cm³/mol. The number of fused-ring (bicyclic) bond motifs is 1. The second-order valence-corrected chi connectivity index (χ2v) is 10.6. The predicted octanol–water partition coefficient (Wildman–Crippen LogP) is 5.16. The number of hydrogen-bond acceptors (Lipinski definition) is 6. The van der Waals surface area contributed by atoms with Crippen LogP contribution in [0.4, 0.5) is 4.79 Å². The van der Waals surface area contributed by atoms with Gasteiger partial charge in [0.2, 0.25) is 7.85 Å². The Bertz CT molecular complexity index is 1700. The Labute approximate surface area is 253 Å². The molecule has 43 heavy (non-hydrogen) atoms.